The highest BCUT2D eigenvalue weighted by Crippen LogP contribution is 2.15. The molecular weight excluding hydrogens is 220 g/mol. The molecule has 0 atom stereocenters. The van der Waals surface area contributed by atoms with Gasteiger partial charge < -0.3 is 15.0 Å². The monoisotopic (exact) mass is 236 g/mol. The van der Waals surface area contributed by atoms with Crippen molar-refractivity contribution in [1.29, 1.82) is 0 Å². The number of nitrogens with one attached hydrogen (secondary N) is 1. The molecule has 1 N–H and O–H groups in total. The Bertz CT molecular complexity index is 418. The van der Waals surface area contributed by atoms with E-state index in [9.17, 15) is 9.59 Å². The topological polar surface area (TPSA) is 58.6 Å². The van der Waals surface area contributed by atoms with Crippen molar-refractivity contribution in [2.45, 2.75) is 0 Å². The number of hydrogen-bond donors (Lipinski definition) is 1. The predicted molar refractivity (Wildman–Crippen MR) is 65.1 cm³/mol. The molecule has 0 aliphatic carbocycles. The van der Waals surface area contributed by atoms with Gasteiger partial charge in [-0.15, -0.1) is 0 Å². The molecule has 1 amide bonds. The van der Waals surface area contributed by atoms with Crippen molar-refractivity contribution in [2.75, 3.05) is 32.6 Å². The summed E-state index contributed by atoms with van der Waals surface area (Å²) in [4.78, 5) is 24.5. The second kappa shape index (κ2) is 6.00. The first-order valence-corrected chi connectivity index (χ1v) is 5.19. The van der Waals surface area contributed by atoms with E-state index in [4.69, 9.17) is 0 Å². The minimum atomic E-state index is -0.415. The maximum Gasteiger partial charge on any atom is 0.337 e. The molecule has 0 unspecified atom stereocenters. The fourth-order valence-corrected chi connectivity index (χ4v) is 1.37. The van der Waals surface area contributed by atoms with Gasteiger partial charge in [-0.2, -0.15) is 0 Å². The number of rotatable bonds is 4. The third-order valence-corrected chi connectivity index (χ3v) is 2.36. The van der Waals surface area contributed by atoms with Crippen molar-refractivity contribution >= 4 is 17.6 Å². The predicted octanol–water partition coefficient (Wildman–Crippen LogP) is 0.655. The second-order valence-electron chi connectivity index (χ2n) is 3.52. The fourth-order valence-electron chi connectivity index (χ4n) is 1.37. The Morgan fingerprint density at radius 1 is 1.41 bits per heavy atom. The highest BCUT2D eigenvalue weighted by atomic mass is 16.5. The summed E-state index contributed by atoms with van der Waals surface area (Å²) < 4.78 is 4.62. The van der Waals surface area contributed by atoms with Gasteiger partial charge in [-0.3, -0.25) is 4.79 Å². The lowest BCUT2D eigenvalue weighted by Crippen LogP contribution is -2.34. The Labute approximate surface area is 100 Å². The SMILES string of the molecule is CNCC(=O)N(C)c1cccc(C(=O)OC)c1. The van der Waals surface area contributed by atoms with E-state index in [2.05, 4.69) is 10.1 Å². The van der Waals surface area contributed by atoms with Crippen LogP contribution in [0.2, 0.25) is 0 Å². The summed E-state index contributed by atoms with van der Waals surface area (Å²) in [5, 5.41) is 2.78. The van der Waals surface area contributed by atoms with Gasteiger partial charge in [-0.25, -0.2) is 4.79 Å². The molecule has 1 aromatic rings. The molecule has 0 saturated carbocycles. The number of carbonyl (C=O) groups is 2. The molecule has 1 aromatic carbocycles. The number of anilines is 1. The van der Waals surface area contributed by atoms with Gasteiger partial charge in [-0.1, -0.05) is 6.07 Å². The summed E-state index contributed by atoms with van der Waals surface area (Å²) in [6.07, 6.45) is 0. The first kappa shape index (κ1) is 13.2. The molecule has 1 rings (SSSR count). The van der Waals surface area contributed by atoms with Crippen LogP contribution in [-0.4, -0.2) is 39.6 Å². The highest BCUT2D eigenvalue weighted by Gasteiger charge is 2.12. The zero-order chi connectivity index (χ0) is 12.8. The lowest BCUT2D eigenvalue weighted by Gasteiger charge is -2.17. The number of carbonyl (C=O) groups excluding carboxylic acids is 2. The first-order valence-electron chi connectivity index (χ1n) is 5.19. The van der Waals surface area contributed by atoms with Crippen molar-refractivity contribution in [2.24, 2.45) is 0 Å². The molecular formula is C12H16N2O3. The highest BCUT2D eigenvalue weighted by molar-refractivity contribution is 5.96. The van der Waals surface area contributed by atoms with Gasteiger partial charge in [0.1, 0.15) is 0 Å². The average molecular weight is 236 g/mol. The van der Waals surface area contributed by atoms with Crippen LogP contribution >= 0.6 is 0 Å². The van der Waals surface area contributed by atoms with Gasteiger partial charge >= 0.3 is 5.97 Å². The van der Waals surface area contributed by atoms with Gasteiger partial charge in [0.25, 0.3) is 0 Å². The van der Waals surface area contributed by atoms with E-state index < -0.39 is 5.97 Å². The van der Waals surface area contributed by atoms with Crippen LogP contribution in [0.15, 0.2) is 24.3 Å². The molecule has 0 aliphatic heterocycles. The molecule has 92 valence electrons. The molecule has 0 fully saturated rings. The van der Waals surface area contributed by atoms with Crippen LogP contribution in [0.1, 0.15) is 10.4 Å². The minimum Gasteiger partial charge on any atom is -0.465 e. The summed E-state index contributed by atoms with van der Waals surface area (Å²) in [6.45, 7) is 0.249. The van der Waals surface area contributed by atoms with Gasteiger partial charge in [0.15, 0.2) is 0 Å². The molecule has 0 aliphatic rings. The van der Waals surface area contributed by atoms with E-state index in [1.54, 1.807) is 38.4 Å². The number of ether oxygens (including phenoxy) is 1. The van der Waals surface area contributed by atoms with Crippen LogP contribution in [0.5, 0.6) is 0 Å². The standard InChI is InChI=1S/C12H16N2O3/c1-13-8-11(15)14(2)10-6-4-5-9(7-10)12(16)17-3/h4-7,13H,8H2,1-3H3. The Morgan fingerprint density at radius 2 is 2.12 bits per heavy atom. The van der Waals surface area contributed by atoms with Crippen molar-refractivity contribution in [3.05, 3.63) is 29.8 Å². The zero-order valence-corrected chi connectivity index (χ0v) is 10.2. The minimum absolute atomic E-state index is 0.0745. The Balaban J connectivity index is 2.91. The van der Waals surface area contributed by atoms with Gasteiger partial charge in [0.05, 0.1) is 19.2 Å². The van der Waals surface area contributed by atoms with Crippen molar-refractivity contribution in [3.63, 3.8) is 0 Å². The van der Waals surface area contributed by atoms with Crippen LogP contribution < -0.4 is 10.2 Å². The molecule has 0 aromatic heterocycles. The number of nitrogens with zero attached hydrogens (tertiary/aromatic N) is 1. The number of amides is 1. The summed E-state index contributed by atoms with van der Waals surface area (Å²) in [5.41, 5.74) is 1.09. The van der Waals surface area contributed by atoms with Crippen LogP contribution in [0, 0.1) is 0 Å². The van der Waals surface area contributed by atoms with E-state index in [0.717, 1.165) is 0 Å². The molecule has 0 heterocycles. The summed E-state index contributed by atoms with van der Waals surface area (Å²) >= 11 is 0. The van der Waals surface area contributed by atoms with Crippen LogP contribution in [-0.2, 0) is 9.53 Å². The average Bonchev–Trinajstić information content (AvgIpc) is 2.37. The number of benzene rings is 1. The smallest absolute Gasteiger partial charge is 0.337 e. The van der Waals surface area contributed by atoms with Gasteiger partial charge in [0.2, 0.25) is 5.91 Å². The maximum atomic E-state index is 11.6. The molecule has 0 bridgehead atoms. The Hall–Kier alpha value is -1.88. The van der Waals surface area contributed by atoms with E-state index in [0.29, 0.717) is 11.3 Å². The summed E-state index contributed by atoms with van der Waals surface area (Å²) in [5.74, 6) is -0.490. The summed E-state index contributed by atoms with van der Waals surface area (Å²) in [7, 11) is 4.69. The van der Waals surface area contributed by atoms with Crippen molar-refractivity contribution in [3.8, 4) is 0 Å². The third kappa shape index (κ3) is 3.29. The number of hydrogen-bond acceptors (Lipinski definition) is 4. The maximum absolute atomic E-state index is 11.6. The molecule has 5 heteroatoms. The van der Waals surface area contributed by atoms with E-state index in [-0.39, 0.29) is 12.5 Å². The Kier molecular flexibility index (Phi) is 4.66. The molecule has 0 saturated heterocycles. The molecule has 17 heavy (non-hydrogen) atoms. The van der Waals surface area contributed by atoms with Crippen LogP contribution in [0.4, 0.5) is 5.69 Å². The fraction of sp³-hybridized carbons (Fsp3) is 0.333. The van der Waals surface area contributed by atoms with Crippen molar-refractivity contribution < 1.29 is 14.3 Å². The van der Waals surface area contributed by atoms with Gasteiger partial charge in [0, 0.05) is 12.7 Å². The summed E-state index contributed by atoms with van der Waals surface area (Å²) in [6, 6.07) is 6.75. The second-order valence-corrected chi connectivity index (χ2v) is 3.52. The van der Waals surface area contributed by atoms with E-state index in [1.807, 2.05) is 0 Å². The largest absolute Gasteiger partial charge is 0.465 e. The number of methoxy groups -OCH3 is 1. The number of esters is 1. The lowest BCUT2D eigenvalue weighted by atomic mass is 10.2. The van der Waals surface area contributed by atoms with E-state index in [1.165, 1.54) is 12.0 Å². The van der Waals surface area contributed by atoms with E-state index >= 15 is 0 Å². The zero-order valence-electron chi connectivity index (χ0n) is 10.2. The lowest BCUT2D eigenvalue weighted by molar-refractivity contribution is -0.117. The van der Waals surface area contributed by atoms with Crippen LogP contribution in [0.25, 0.3) is 0 Å². The first-order chi connectivity index (χ1) is 8.10. The van der Waals surface area contributed by atoms with Gasteiger partial charge in [-0.05, 0) is 25.2 Å². The quantitative estimate of drug-likeness (QED) is 0.780. The van der Waals surface area contributed by atoms with Crippen LogP contribution in [0.3, 0.4) is 0 Å². The molecule has 0 spiro atoms. The normalized spacial score (nSPS) is 9.82. The molecule has 5 nitrogen and oxygen atoms in total. The Morgan fingerprint density at radius 3 is 2.71 bits per heavy atom. The number of likely N-dealkylation sites (N-methyl/N-ethyl adjacent to an activating group) is 2. The third-order valence-electron chi connectivity index (χ3n) is 2.36. The molecule has 0 radical (unpaired) electrons. The van der Waals surface area contributed by atoms with Crippen molar-refractivity contribution in [1.82, 2.24) is 5.32 Å².